The van der Waals surface area contributed by atoms with Gasteiger partial charge in [0.1, 0.15) is 4.99 Å². The summed E-state index contributed by atoms with van der Waals surface area (Å²) < 4.78 is 0. The molecular formula is C12H17N3OS. The molecule has 0 atom stereocenters. The average Bonchev–Trinajstić information content (AvgIpc) is 2.30. The first kappa shape index (κ1) is 13.4. The van der Waals surface area contributed by atoms with Crippen LogP contribution in [0.25, 0.3) is 0 Å². The van der Waals surface area contributed by atoms with E-state index in [-0.39, 0.29) is 5.91 Å². The summed E-state index contributed by atoms with van der Waals surface area (Å²) in [7, 11) is 0. The summed E-state index contributed by atoms with van der Waals surface area (Å²) in [5.74, 6) is 0.0350. The lowest BCUT2D eigenvalue weighted by Gasteiger charge is -2.10. The Morgan fingerprint density at radius 2 is 2.12 bits per heavy atom. The Morgan fingerprint density at radius 1 is 1.41 bits per heavy atom. The molecule has 1 aromatic rings. The van der Waals surface area contributed by atoms with E-state index in [9.17, 15) is 4.79 Å². The largest absolute Gasteiger partial charge is 0.389 e. The van der Waals surface area contributed by atoms with Gasteiger partial charge in [0.25, 0.3) is 0 Å². The number of rotatable bonds is 6. The van der Waals surface area contributed by atoms with E-state index in [1.807, 2.05) is 31.2 Å². The van der Waals surface area contributed by atoms with Crippen LogP contribution < -0.4 is 16.4 Å². The third-order valence-electron chi connectivity index (χ3n) is 2.23. The molecule has 1 rings (SSSR count). The smallest absolute Gasteiger partial charge is 0.221 e. The van der Waals surface area contributed by atoms with Gasteiger partial charge in [-0.05, 0) is 19.1 Å². The van der Waals surface area contributed by atoms with Crippen LogP contribution in [0.15, 0.2) is 24.3 Å². The number of para-hydroxylation sites is 1. The number of anilines is 1. The van der Waals surface area contributed by atoms with E-state index >= 15 is 0 Å². The minimum atomic E-state index is 0.0350. The first-order chi connectivity index (χ1) is 8.15. The minimum Gasteiger partial charge on any atom is -0.389 e. The van der Waals surface area contributed by atoms with Crippen LogP contribution >= 0.6 is 12.2 Å². The van der Waals surface area contributed by atoms with Crippen molar-refractivity contribution in [2.75, 3.05) is 18.4 Å². The summed E-state index contributed by atoms with van der Waals surface area (Å²) >= 11 is 4.95. The molecule has 92 valence electrons. The fourth-order valence-corrected chi connectivity index (χ4v) is 1.63. The van der Waals surface area contributed by atoms with Gasteiger partial charge in [-0.2, -0.15) is 0 Å². The standard InChI is InChI=1S/C12H17N3OS/c1-2-14-11(16)7-8-15-10-6-4-3-5-9(10)12(13)17/h3-6,15H,2,7-8H2,1H3,(H2,13,17)(H,14,16). The molecule has 4 nitrogen and oxygen atoms in total. The van der Waals surface area contributed by atoms with E-state index in [2.05, 4.69) is 10.6 Å². The molecule has 1 amide bonds. The van der Waals surface area contributed by atoms with Crippen molar-refractivity contribution in [1.29, 1.82) is 0 Å². The fraction of sp³-hybridized carbons (Fsp3) is 0.333. The molecule has 0 heterocycles. The van der Waals surface area contributed by atoms with Crippen LogP contribution in [-0.4, -0.2) is 24.0 Å². The van der Waals surface area contributed by atoms with Crippen molar-refractivity contribution in [3.05, 3.63) is 29.8 Å². The van der Waals surface area contributed by atoms with Crippen molar-refractivity contribution in [2.45, 2.75) is 13.3 Å². The van der Waals surface area contributed by atoms with Crippen LogP contribution in [0.3, 0.4) is 0 Å². The maximum atomic E-state index is 11.3. The van der Waals surface area contributed by atoms with Gasteiger partial charge in [-0.3, -0.25) is 4.79 Å². The number of carbonyl (C=O) groups excluding carboxylic acids is 1. The van der Waals surface area contributed by atoms with Gasteiger partial charge >= 0.3 is 0 Å². The van der Waals surface area contributed by atoms with Crippen LogP contribution in [0.4, 0.5) is 5.69 Å². The van der Waals surface area contributed by atoms with Gasteiger partial charge in [-0.25, -0.2) is 0 Å². The molecule has 1 aromatic carbocycles. The highest BCUT2D eigenvalue weighted by Gasteiger charge is 2.04. The number of nitrogens with two attached hydrogens (primary N) is 1. The summed E-state index contributed by atoms with van der Waals surface area (Å²) in [6.45, 7) is 3.11. The summed E-state index contributed by atoms with van der Waals surface area (Å²) in [5.41, 5.74) is 7.28. The summed E-state index contributed by atoms with van der Waals surface area (Å²) in [6.07, 6.45) is 0.430. The summed E-state index contributed by atoms with van der Waals surface area (Å²) in [6, 6.07) is 7.53. The van der Waals surface area contributed by atoms with Crippen LogP contribution in [0, 0.1) is 0 Å². The second kappa shape index (κ2) is 6.85. The normalized spacial score (nSPS) is 9.71. The fourth-order valence-electron chi connectivity index (χ4n) is 1.45. The molecule has 0 radical (unpaired) electrons. The van der Waals surface area contributed by atoms with E-state index < -0.39 is 0 Å². The topological polar surface area (TPSA) is 67.2 Å². The van der Waals surface area contributed by atoms with Gasteiger partial charge in [0.15, 0.2) is 0 Å². The van der Waals surface area contributed by atoms with Gasteiger partial charge < -0.3 is 16.4 Å². The van der Waals surface area contributed by atoms with E-state index in [4.69, 9.17) is 18.0 Å². The monoisotopic (exact) mass is 251 g/mol. The van der Waals surface area contributed by atoms with Crippen molar-refractivity contribution in [1.82, 2.24) is 5.32 Å². The van der Waals surface area contributed by atoms with Crippen molar-refractivity contribution in [3.63, 3.8) is 0 Å². The van der Waals surface area contributed by atoms with Gasteiger partial charge in [0, 0.05) is 30.8 Å². The third-order valence-corrected chi connectivity index (χ3v) is 2.45. The molecule has 0 bridgehead atoms. The number of nitrogens with one attached hydrogen (secondary N) is 2. The first-order valence-corrected chi connectivity index (χ1v) is 5.95. The van der Waals surface area contributed by atoms with Crippen molar-refractivity contribution in [3.8, 4) is 0 Å². The number of amides is 1. The van der Waals surface area contributed by atoms with E-state index in [1.54, 1.807) is 0 Å². The number of carbonyl (C=O) groups is 1. The van der Waals surface area contributed by atoms with Gasteiger partial charge in [-0.1, -0.05) is 24.4 Å². The zero-order valence-corrected chi connectivity index (χ0v) is 10.6. The molecule has 0 unspecified atom stereocenters. The lowest BCUT2D eigenvalue weighted by atomic mass is 10.1. The molecule has 0 aliphatic rings. The Bertz CT molecular complexity index is 406. The molecule has 0 aliphatic heterocycles. The summed E-state index contributed by atoms with van der Waals surface area (Å²) in [5, 5.41) is 5.90. The first-order valence-electron chi connectivity index (χ1n) is 5.54. The number of hydrogen-bond donors (Lipinski definition) is 3. The predicted octanol–water partition coefficient (Wildman–Crippen LogP) is 1.26. The molecule has 0 spiro atoms. The van der Waals surface area contributed by atoms with Crippen LogP contribution in [0.2, 0.25) is 0 Å². The number of hydrogen-bond acceptors (Lipinski definition) is 3. The molecule has 17 heavy (non-hydrogen) atoms. The SMILES string of the molecule is CCNC(=O)CCNc1ccccc1C(N)=S. The van der Waals surface area contributed by atoms with Crippen LogP contribution in [0.5, 0.6) is 0 Å². The highest BCUT2D eigenvalue weighted by molar-refractivity contribution is 7.80. The molecule has 0 saturated heterocycles. The third kappa shape index (κ3) is 4.40. The molecule has 5 heteroatoms. The Kier molecular flexibility index (Phi) is 5.42. The van der Waals surface area contributed by atoms with Crippen molar-refractivity contribution >= 4 is 28.8 Å². The predicted molar refractivity (Wildman–Crippen MR) is 74.1 cm³/mol. The molecule has 4 N–H and O–H groups in total. The maximum absolute atomic E-state index is 11.3. The lowest BCUT2D eigenvalue weighted by Crippen LogP contribution is -2.25. The Hall–Kier alpha value is -1.62. The van der Waals surface area contributed by atoms with Gasteiger partial charge in [-0.15, -0.1) is 0 Å². The van der Waals surface area contributed by atoms with Gasteiger partial charge in [0.05, 0.1) is 0 Å². The molecule has 0 aliphatic carbocycles. The summed E-state index contributed by atoms with van der Waals surface area (Å²) in [4.78, 5) is 11.6. The van der Waals surface area contributed by atoms with Gasteiger partial charge in [0.2, 0.25) is 5.91 Å². The lowest BCUT2D eigenvalue weighted by molar-refractivity contribution is -0.120. The number of benzene rings is 1. The number of thiocarbonyl (C=S) groups is 1. The average molecular weight is 251 g/mol. The highest BCUT2D eigenvalue weighted by atomic mass is 32.1. The van der Waals surface area contributed by atoms with Crippen molar-refractivity contribution in [2.24, 2.45) is 5.73 Å². The molecular weight excluding hydrogens is 234 g/mol. The second-order valence-electron chi connectivity index (χ2n) is 3.54. The van der Waals surface area contributed by atoms with Crippen LogP contribution in [0.1, 0.15) is 18.9 Å². The zero-order chi connectivity index (χ0) is 12.7. The highest BCUT2D eigenvalue weighted by Crippen LogP contribution is 2.14. The Labute approximate surface area is 107 Å². The maximum Gasteiger partial charge on any atom is 0.221 e. The van der Waals surface area contributed by atoms with Crippen molar-refractivity contribution < 1.29 is 4.79 Å². The molecule has 0 saturated carbocycles. The Morgan fingerprint density at radius 3 is 2.76 bits per heavy atom. The molecule has 0 aromatic heterocycles. The second-order valence-corrected chi connectivity index (χ2v) is 3.98. The minimum absolute atomic E-state index is 0.0350. The zero-order valence-electron chi connectivity index (χ0n) is 9.82. The van der Waals surface area contributed by atoms with E-state index in [0.717, 1.165) is 11.3 Å². The Balaban J connectivity index is 2.52. The van der Waals surface area contributed by atoms with E-state index in [0.29, 0.717) is 24.5 Å². The van der Waals surface area contributed by atoms with E-state index in [1.165, 1.54) is 0 Å². The quantitative estimate of drug-likeness (QED) is 0.666. The van der Waals surface area contributed by atoms with Crippen LogP contribution in [-0.2, 0) is 4.79 Å². The molecule has 0 fully saturated rings.